The van der Waals surface area contributed by atoms with Crippen LogP contribution < -0.4 is 0 Å². The molecule has 0 unspecified atom stereocenters. The van der Waals surface area contributed by atoms with Crippen LogP contribution in [0, 0.1) is 5.92 Å². The minimum Gasteiger partial charge on any atom is -0.407 e. The molecule has 0 fully saturated rings. The molecule has 0 aromatic carbocycles. The average molecular weight is 230 g/mol. The summed E-state index contributed by atoms with van der Waals surface area (Å²) < 4.78 is 6.08. The molecule has 0 aliphatic rings. The van der Waals surface area contributed by atoms with Crippen LogP contribution in [0.1, 0.15) is 41.0 Å². The molecule has 0 amide bonds. The molecule has 0 heterocycles. The number of aldehydes is 1. The van der Waals surface area contributed by atoms with Crippen LogP contribution in [-0.4, -0.2) is 20.7 Å². The zero-order valence-corrected chi connectivity index (χ0v) is 12.3. The van der Waals surface area contributed by atoms with Gasteiger partial charge in [-0.25, -0.2) is 0 Å². The van der Waals surface area contributed by atoms with Gasteiger partial charge in [0.15, 0.2) is 8.32 Å². The van der Waals surface area contributed by atoms with E-state index in [-0.39, 0.29) is 11.1 Å². The summed E-state index contributed by atoms with van der Waals surface area (Å²) in [5.74, 6) is 0.316. The number of carbonyl (C=O) groups is 1. The fraction of sp³-hybridized carbons (Fsp3) is 0.917. The summed E-state index contributed by atoms with van der Waals surface area (Å²) in [6.07, 6.45) is 1.73. The molecule has 0 bridgehead atoms. The van der Waals surface area contributed by atoms with Gasteiger partial charge in [-0.2, -0.15) is 0 Å². The summed E-state index contributed by atoms with van der Waals surface area (Å²) in [5.41, 5.74) is 0. The Morgan fingerprint density at radius 1 is 1.33 bits per heavy atom. The average Bonchev–Trinajstić information content (AvgIpc) is 2.11. The SMILES string of the molecule is CC[C@@H](C)[C@H](C=O)O[Si](C)(C)C(C)(C)C. The standard InChI is InChI=1S/C12H26O2Si/c1-8-10(2)11(9-13)14-15(6,7)12(3,4)5/h9-11H,8H2,1-7H3/t10-,11+/m1/s1. The monoisotopic (exact) mass is 230 g/mol. The summed E-state index contributed by atoms with van der Waals surface area (Å²) >= 11 is 0. The molecular formula is C12H26O2Si. The lowest BCUT2D eigenvalue weighted by Crippen LogP contribution is -2.45. The van der Waals surface area contributed by atoms with Crippen molar-refractivity contribution in [2.24, 2.45) is 5.92 Å². The Hall–Kier alpha value is -0.153. The molecule has 0 aromatic rings. The molecule has 0 N–H and O–H groups in total. The van der Waals surface area contributed by atoms with Crippen molar-refractivity contribution in [2.45, 2.75) is 65.3 Å². The van der Waals surface area contributed by atoms with E-state index in [2.05, 4.69) is 47.7 Å². The van der Waals surface area contributed by atoms with E-state index >= 15 is 0 Å². The van der Waals surface area contributed by atoms with Gasteiger partial charge in [0, 0.05) is 0 Å². The van der Waals surface area contributed by atoms with E-state index in [0.29, 0.717) is 5.92 Å². The third kappa shape index (κ3) is 4.07. The van der Waals surface area contributed by atoms with Crippen molar-refractivity contribution in [3.63, 3.8) is 0 Å². The molecule has 0 saturated carbocycles. The van der Waals surface area contributed by atoms with Gasteiger partial charge in [-0.3, -0.25) is 0 Å². The summed E-state index contributed by atoms with van der Waals surface area (Å²) in [6, 6.07) is 0. The van der Waals surface area contributed by atoms with Crippen LogP contribution in [0.15, 0.2) is 0 Å². The Morgan fingerprint density at radius 2 is 1.80 bits per heavy atom. The van der Waals surface area contributed by atoms with Gasteiger partial charge in [-0.1, -0.05) is 41.0 Å². The highest BCUT2D eigenvalue weighted by molar-refractivity contribution is 6.74. The lowest BCUT2D eigenvalue weighted by Gasteiger charge is -2.39. The maximum Gasteiger partial charge on any atom is 0.193 e. The Bertz CT molecular complexity index is 206. The van der Waals surface area contributed by atoms with Gasteiger partial charge >= 0.3 is 0 Å². The molecule has 0 rings (SSSR count). The zero-order chi connectivity index (χ0) is 12.3. The van der Waals surface area contributed by atoms with Crippen molar-refractivity contribution >= 4 is 14.6 Å². The number of rotatable bonds is 5. The van der Waals surface area contributed by atoms with Crippen molar-refractivity contribution in [2.75, 3.05) is 0 Å². The maximum atomic E-state index is 11.0. The summed E-state index contributed by atoms with van der Waals surface area (Å²) in [6.45, 7) is 15.1. The molecule has 90 valence electrons. The second-order valence-electron chi connectivity index (χ2n) is 5.86. The Kier molecular flexibility index (Phi) is 5.20. The highest BCUT2D eigenvalue weighted by Gasteiger charge is 2.39. The molecule has 0 radical (unpaired) electrons. The van der Waals surface area contributed by atoms with Crippen molar-refractivity contribution in [1.82, 2.24) is 0 Å². The normalized spacial score (nSPS) is 17.3. The van der Waals surface area contributed by atoms with Gasteiger partial charge < -0.3 is 9.22 Å². The van der Waals surface area contributed by atoms with E-state index in [4.69, 9.17) is 4.43 Å². The topological polar surface area (TPSA) is 26.3 Å². The first-order valence-electron chi connectivity index (χ1n) is 5.78. The third-order valence-corrected chi connectivity index (χ3v) is 8.05. The van der Waals surface area contributed by atoms with Crippen LogP contribution in [0.2, 0.25) is 18.1 Å². The van der Waals surface area contributed by atoms with Gasteiger partial charge in [-0.15, -0.1) is 0 Å². The molecule has 0 aliphatic heterocycles. The van der Waals surface area contributed by atoms with Crippen LogP contribution in [0.4, 0.5) is 0 Å². The fourth-order valence-electron chi connectivity index (χ4n) is 1.03. The smallest absolute Gasteiger partial charge is 0.193 e. The van der Waals surface area contributed by atoms with E-state index in [1.807, 2.05) is 0 Å². The first-order valence-corrected chi connectivity index (χ1v) is 8.69. The van der Waals surface area contributed by atoms with E-state index < -0.39 is 8.32 Å². The van der Waals surface area contributed by atoms with Crippen molar-refractivity contribution in [3.05, 3.63) is 0 Å². The number of carbonyl (C=O) groups excluding carboxylic acids is 1. The van der Waals surface area contributed by atoms with Crippen molar-refractivity contribution < 1.29 is 9.22 Å². The predicted molar refractivity (Wildman–Crippen MR) is 67.6 cm³/mol. The minimum absolute atomic E-state index is 0.168. The van der Waals surface area contributed by atoms with Crippen LogP contribution in [-0.2, 0) is 9.22 Å². The molecule has 0 aliphatic carbocycles. The predicted octanol–water partition coefficient (Wildman–Crippen LogP) is 3.62. The van der Waals surface area contributed by atoms with Gasteiger partial charge in [-0.05, 0) is 24.1 Å². The van der Waals surface area contributed by atoms with Gasteiger partial charge in [0.2, 0.25) is 0 Å². The second-order valence-corrected chi connectivity index (χ2v) is 10.6. The molecule has 0 aromatic heterocycles. The highest BCUT2D eigenvalue weighted by atomic mass is 28.4. The number of hydrogen-bond acceptors (Lipinski definition) is 2. The Labute approximate surface area is 95.5 Å². The van der Waals surface area contributed by atoms with E-state index in [1.54, 1.807) is 0 Å². The second kappa shape index (κ2) is 5.26. The van der Waals surface area contributed by atoms with E-state index in [1.165, 1.54) is 0 Å². The third-order valence-electron chi connectivity index (χ3n) is 3.58. The summed E-state index contributed by atoms with van der Waals surface area (Å²) in [5, 5.41) is 0.168. The van der Waals surface area contributed by atoms with Gasteiger partial charge in [0.05, 0.1) is 0 Å². The van der Waals surface area contributed by atoms with Crippen molar-refractivity contribution in [1.29, 1.82) is 0 Å². The molecule has 2 atom stereocenters. The summed E-state index contributed by atoms with van der Waals surface area (Å²) in [4.78, 5) is 11.0. The van der Waals surface area contributed by atoms with Crippen molar-refractivity contribution in [3.8, 4) is 0 Å². The fourth-order valence-corrected chi connectivity index (χ4v) is 2.35. The zero-order valence-electron chi connectivity index (χ0n) is 11.3. The molecular weight excluding hydrogens is 204 g/mol. The molecule has 0 saturated heterocycles. The number of hydrogen-bond donors (Lipinski definition) is 0. The summed E-state index contributed by atoms with van der Waals surface area (Å²) in [7, 11) is -1.80. The Balaban J connectivity index is 4.61. The van der Waals surface area contributed by atoms with E-state index in [0.717, 1.165) is 12.7 Å². The molecule has 2 nitrogen and oxygen atoms in total. The van der Waals surface area contributed by atoms with E-state index in [9.17, 15) is 4.79 Å². The minimum atomic E-state index is -1.80. The van der Waals surface area contributed by atoms with Crippen LogP contribution in [0.3, 0.4) is 0 Å². The quantitative estimate of drug-likeness (QED) is 0.532. The molecule has 0 spiro atoms. The lowest BCUT2D eigenvalue weighted by atomic mass is 10.0. The van der Waals surface area contributed by atoms with Gasteiger partial charge in [0.1, 0.15) is 12.4 Å². The molecule has 15 heavy (non-hydrogen) atoms. The van der Waals surface area contributed by atoms with Crippen LogP contribution in [0.25, 0.3) is 0 Å². The van der Waals surface area contributed by atoms with Gasteiger partial charge in [0.25, 0.3) is 0 Å². The van der Waals surface area contributed by atoms with Crippen LogP contribution >= 0.6 is 0 Å². The first-order chi connectivity index (χ1) is 6.65. The molecule has 3 heteroatoms. The lowest BCUT2D eigenvalue weighted by molar-refractivity contribution is -0.116. The maximum absolute atomic E-state index is 11.0. The highest BCUT2D eigenvalue weighted by Crippen LogP contribution is 2.37. The first kappa shape index (κ1) is 14.8. The Morgan fingerprint density at radius 3 is 2.07 bits per heavy atom. The largest absolute Gasteiger partial charge is 0.407 e. The van der Waals surface area contributed by atoms with Crippen LogP contribution in [0.5, 0.6) is 0 Å².